The molecule has 1 fully saturated rings. The summed E-state index contributed by atoms with van der Waals surface area (Å²) in [5.41, 5.74) is 1.45. The van der Waals surface area contributed by atoms with Crippen LogP contribution >= 0.6 is 46.3 Å². The van der Waals surface area contributed by atoms with Gasteiger partial charge in [-0.1, -0.05) is 34.5 Å². The third-order valence-electron chi connectivity index (χ3n) is 6.23. The molecule has 0 bridgehead atoms. The van der Waals surface area contributed by atoms with Crippen molar-refractivity contribution in [1.82, 2.24) is 4.48 Å². The Bertz CT molecular complexity index is 1610. The Morgan fingerprint density at radius 1 is 1.08 bits per heavy atom. The quantitative estimate of drug-likeness (QED) is 0.173. The zero-order valence-electron chi connectivity index (χ0n) is 18.9. The molecule has 8 nitrogen and oxygen atoms in total. The van der Waals surface area contributed by atoms with Gasteiger partial charge in [0.05, 0.1) is 34.1 Å². The predicted molar refractivity (Wildman–Crippen MR) is 136 cm³/mol. The van der Waals surface area contributed by atoms with E-state index in [2.05, 4.69) is 0 Å². The van der Waals surface area contributed by atoms with Crippen LogP contribution < -0.4 is 60.4 Å². The number of benzene rings is 2. The normalized spacial score (nSPS) is 22.6. The number of thioether (sulfide) groups is 1. The van der Waals surface area contributed by atoms with Crippen LogP contribution in [0.4, 0.5) is 5.69 Å². The van der Waals surface area contributed by atoms with Gasteiger partial charge in [-0.25, -0.2) is 21.3 Å². The molecule has 1 spiro atoms. The molecular weight excluding hydrogens is 615 g/mol. The van der Waals surface area contributed by atoms with E-state index < -0.39 is 31.4 Å². The van der Waals surface area contributed by atoms with Gasteiger partial charge in [-0.3, -0.25) is 0 Å². The van der Waals surface area contributed by atoms with E-state index >= 15 is 0 Å². The molecule has 2 aromatic carbocycles. The molecule has 5 rings (SSSR count). The Morgan fingerprint density at radius 3 is 2.42 bits per heavy atom. The standard InChI is InChI=1S/C21H18Cl2N2O6S4.K/c22-13-2-4-17-15(10-13)24(7-1-9-34(26,27)28)19(32-17)12-20-25(8-6-21(25)35(29,30)31)16-11-14(23)3-5-18(16)33-20;/h2-5,10-12,21H,1,6-9H2;/q;+1. The summed E-state index contributed by atoms with van der Waals surface area (Å²) in [6.07, 6.45) is 2.19. The van der Waals surface area contributed by atoms with E-state index in [1.165, 1.54) is 23.1 Å². The summed E-state index contributed by atoms with van der Waals surface area (Å²) >= 11 is 15.3. The van der Waals surface area contributed by atoms with E-state index in [1.807, 2.05) is 22.8 Å². The van der Waals surface area contributed by atoms with Gasteiger partial charge in [0.1, 0.15) is 4.70 Å². The molecule has 3 heterocycles. The second-order valence-electron chi connectivity index (χ2n) is 8.34. The molecule has 2 aliphatic heterocycles. The fraction of sp³-hybridized carbons (Fsp3) is 0.286. The maximum Gasteiger partial charge on any atom is 1.00 e. The first kappa shape index (κ1) is 29.4. The molecule has 2 unspecified atom stereocenters. The Balaban J connectivity index is 0.00000304. The van der Waals surface area contributed by atoms with Crippen molar-refractivity contribution >= 4 is 88.5 Å². The van der Waals surface area contributed by atoms with Gasteiger partial charge in [-0.15, -0.1) is 0 Å². The Hall–Kier alpha value is 0.416. The van der Waals surface area contributed by atoms with E-state index in [4.69, 9.17) is 23.2 Å². The number of fused-ring (bicyclic) bond motifs is 3. The first-order valence-corrected chi connectivity index (χ1v) is 15.9. The van der Waals surface area contributed by atoms with Crippen LogP contribution in [0.1, 0.15) is 17.8 Å². The fourth-order valence-electron chi connectivity index (χ4n) is 4.65. The van der Waals surface area contributed by atoms with E-state index in [0.29, 0.717) is 27.3 Å². The fourth-order valence-corrected chi connectivity index (χ4v) is 9.22. The number of quaternary nitrogens is 1. The van der Waals surface area contributed by atoms with Gasteiger partial charge in [0.25, 0.3) is 5.01 Å². The molecule has 1 aromatic heterocycles. The molecule has 15 heteroatoms. The Kier molecular flexibility index (Phi) is 8.79. The summed E-state index contributed by atoms with van der Waals surface area (Å²) in [5, 5.41) is 1.17. The average Bonchev–Trinajstić information content (AvgIpc) is 3.21. The van der Waals surface area contributed by atoms with Gasteiger partial charge >= 0.3 is 51.4 Å². The number of halogens is 2. The van der Waals surface area contributed by atoms with E-state index in [1.54, 1.807) is 24.3 Å². The van der Waals surface area contributed by atoms with Crippen molar-refractivity contribution in [3.8, 4) is 0 Å². The molecule has 0 radical (unpaired) electrons. The number of aryl methyl sites for hydroxylation is 1. The molecule has 0 amide bonds. The van der Waals surface area contributed by atoms with Crippen molar-refractivity contribution in [2.45, 2.75) is 29.7 Å². The van der Waals surface area contributed by atoms with Crippen LogP contribution in [-0.4, -0.2) is 43.6 Å². The summed E-state index contributed by atoms with van der Waals surface area (Å²) in [6, 6.07) is 10.6. The number of rotatable bonds is 6. The van der Waals surface area contributed by atoms with Crippen LogP contribution in [0.5, 0.6) is 0 Å². The first-order chi connectivity index (χ1) is 16.4. The van der Waals surface area contributed by atoms with E-state index in [9.17, 15) is 25.9 Å². The van der Waals surface area contributed by atoms with Crippen LogP contribution in [0.25, 0.3) is 16.3 Å². The SMILES string of the molecule is O=S(=O)([O-])CCC[n+]1c(C=C2Sc3ccc(Cl)cc3[N+]23CCC3S(=O)(=O)[O-])sc2ccc(Cl)cc21.[K+]. The maximum absolute atomic E-state index is 12.2. The summed E-state index contributed by atoms with van der Waals surface area (Å²) in [7, 11) is -8.98. The number of aromatic nitrogens is 1. The van der Waals surface area contributed by atoms with Crippen molar-refractivity contribution in [3.63, 3.8) is 0 Å². The van der Waals surface area contributed by atoms with Crippen LogP contribution in [0.3, 0.4) is 0 Å². The summed E-state index contributed by atoms with van der Waals surface area (Å²) in [5.74, 6) is -0.511. The molecule has 2 aliphatic rings. The zero-order valence-corrected chi connectivity index (χ0v) is 26.8. The van der Waals surface area contributed by atoms with Gasteiger partial charge in [-0.05, 0) is 36.0 Å². The zero-order chi connectivity index (χ0) is 25.2. The van der Waals surface area contributed by atoms with Crippen LogP contribution in [-0.2, 0) is 26.8 Å². The third-order valence-corrected chi connectivity index (χ3v) is 11.1. The van der Waals surface area contributed by atoms with Crippen molar-refractivity contribution in [2.24, 2.45) is 0 Å². The van der Waals surface area contributed by atoms with Crippen LogP contribution in [0, 0.1) is 0 Å². The largest absolute Gasteiger partial charge is 1.00 e. The summed E-state index contributed by atoms with van der Waals surface area (Å²) in [6.45, 7) is 0.678. The van der Waals surface area contributed by atoms with Gasteiger partial charge in [0.15, 0.2) is 32.8 Å². The minimum Gasteiger partial charge on any atom is -0.748 e. The minimum absolute atomic E-state index is 0. The Labute approximate surface area is 269 Å². The number of thiazole rings is 1. The van der Waals surface area contributed by atoms with Crippen molar-refractivity contribution in [1.29, 1.82) is 0 Å². The topological polar surface area (TPSA) is 118 Å². The van der Waals surface area contributed by atoms with Crippen molar-refractivity contribution < 1.29 is 81.9 Å². The molecule has 0 aliphatic carbocycles. The number of hydrogen-bond donors (Lipinski definition) is 0. The molecule has 0 N–H and O–H groups in total. The van der Waals surface area contributed by atoms with Crippen LogP contribution in [0.2, 0.25) is 10.0 Å². The molecule has 186 valence electrons. The molecule has 2 atom stereocenters. The second-order valence-corrected chi connectivity index (χ2v) is 14.4. The van der Waals surface area contributed by atoms with E-state index in [-0.39, 0.29) is 75.3 Å². The van der Waals surface area contributed by atoms with Gasteiger partial charge in [-0.2, -0.15) is 4.57 Å². The van der Waals surface area contributed by atoms with Crippen LogP contribution in [0.15, 0.2) is 46.3 Å². The molecular formula is C21H18Cl2KN2O6S4+. The smallest absolute Gasteiger partial charge is 0.748 e. The number of nitrogens with zero attached hydrogens (tertiary/aromatic N) is 2. The monoisotopic (exact) mass is 631 g/mol. The van der Waals surface area contributed by atoms with Crippen molar-refractivity contribution in [2.75, 3.05) is 12.3 Å². The molecule has 36 heavy (non-hydrogen) atoms. The van der Waals surface area contributed by atoms with Gasteiger partial charge < -0.3 is 9.11 Å². The van der Waals surface area contributed by atoms with Crippen molar-refractivity contribution in [3.05, 3.63) is 56.5 Å². The third kappa shape index (κ3) is 5.52. The average molecular weight is 633 g/mol. The Morgan fingerprint density at radius 2 is 1.78 bits per heavy atom. The summed E-state index contributed by atoms with van der Waals surface area (Å²) in [4.78, 5) is 0.821. The second kappa shape index (κ2) is 10.8. The minimum atomic E-state index is -4.61. The molecule has 0 saturated carbocycles. The summed E-state index contributed by atoms with van der Waals surface area (Å²) < 4.78 is 72.7. The van der Waals surface area contributed by atoms with Gasteiger partial charge in [0, 0.05) is 34.4 Å². The maximum atomic E-state index is 12.2. The first-order valence-electron chi connectivity index (χ1n) is 10.5. The van der Waals surface area contributed by atoms with E-state index in [0.717, 1.165) is 20.1 Å². The predicted octanol–water partition coefficient (Wildman–Crippen LogP) is 1.12. The molecule has 3 aromatic rings. The molecule has 1 saturated heterocycles. The van der Waals surface area contributed by atoms with Gasteiger partial charge in [0.2, 0.25) is 5.52 Å². The number of hydrogen-bond acceptors (Lipinski definition) is 8.